The van der Waals surface area contributed by atoms with Crippen molar-refractivity contribution in [1.82, 2.24) is 0 Å². The van der Waals surface area contributed by atoms with E-state index >= 15 is 0 Å². The SMILES string of the molecule is CCCC[C@]12CCC[C@@H](C)[C@@H]1CC=C2[Si](C)(C)Cc1ccccc1.C[C@@H]1CCCC2=C([Si](C)(C)Cc3ccccc3)[C@@H](O)C[C@H]21. The summed E-state index contributed by atoms with van der Waals surface area (Å²) in [5.74, 6) is 3.30. The van der Waals surface area contributed by atoms with E-state index in [0.29, 0.717) is 11.3 Å². The minimum atomic E-state index is -1.58. The number of aliphatic hydroxyl groups excluding tert-OH is 1. The summed E-state index contributed by atoms with van der Waals surface area (Å²) >= 11 is 0. The van der Waals surface area contributed by atoms with Gasteiger partial charge in [0.1, 0.15) is 0 Å². The molecule has 2 saturated carbocycles. The van der Waals surface area contributed by atoms with Crippen molar-refractivity contribution in [1.29, 1.82) is 0 Å². The zero-order valence-corrected chi connectivity index (χ0v) is 31.9. The molecular formula is C42H64OSi2. The summed E-state index contributed by atoms with van der Waals surface area (Å²) in [5.41, 5.74) is 5.21. The monoisotopic (exact) mass is 640 g/mol. The van der Waals surface area contributed by atoms with Crippen molar-refractivity contribution in [2.75, 3.05) is 0 Å². The number of unbranched alkanes of at least 4 members (excludes halogenated alkanes) is 1. The number of fused-ring (bicyclic) bond motifs is 2. The highest BCUT2D eigenvalue weighted by atomic mass is 28.3. The van der Waals surface area contributed by atoms with Gasteiger partial charge in [-0.15, -0.1) is 0 Å². The van der Waals surface area contributed by atoms with E-state index in [4.69, 9.17) is 0 Å². The van der Waals surface area contributed by atoms with Crippen LogP contribution in [0.4, 0.5) is 0 Å². The first-order chi connectivity index (χ1) is 21.5. The molecule has 1 N–H and O–H groups in total. The lowest BCUT2D eigenvalue weighted by Crippen LogP contribution is -2.46. The quantitative estimate of drug-likeness (QED) is 0.270. The number of allylic oxidation sites excluding steroid dienone is 3. The van der Waals surface area contributed by atoms with E-state index in [0.717, 1.165) is 30.2 Å². The largest absolute Gasteiger partial charge is 0.389 e. The Hall–Kier alpha value is -1.69. The van der Waals surface area contributed by atoms with Crippen LogP contribution >= 0.6 is 0 Å². The molecule has 0 radical (unpaired) electrons. The standard InChI is InChI=1S/C23H36Si.C19H28OSi/c1-5-6-16-23-17-10-11-19(2)21(23)14-15-22(23)24(3,4)18-20-12-8-7-9-13-20;1-14-8-7-11-16-17(14)12-18(20)19(16)21(2,3)13-15-9-5-4-6-10-15/h7-9,12-13,15,19,21H,5-6,10-11,14,16-18H2,1-4H3;4-6,9-10,14,17-18,20H,7-8,11-13H2,1-3H3/t19-,21+,23+;14-,17+,18+/m11/s1. The molecule has 0 amide bonds. The van der Waals surface area contributed by atoms with Crippen LogP contribution in [0.1, 0.15) is 103 Å². The van der Waals surface area contributed by atoms with Crippen molar-refractivity contribution >= 4 is 16.1 Å². The Bertz CT molecular complexity index is 1310. The van der Waals surface area contributed by atoms with Crippen molar-refractivity contribution in [3.8, 4) is 0 Å². The number of hydrogen-bond acceptors (Lipinski definition) is 1. The topological polar surface area (TPSA) is 20.2 Å². The Balaban J connectivity index is 0.000000179. The summed E-state index contributed by atoms with van der Waals surface area (Å²) in [6.07, 6.45) is 17.4. The first kappa shape index (κ1) is 34.6. The van der Waals surface area contributed by atoms with Gasteiger partial charge >= 0.3 is 0 Å². The molecule has 2 aromatic rings. The van der Waals surface area contributed by atoms with Gasteiger partial charge in [-0.3, -0.25) is 0 Å². The minimum Gasteiger partial charge on any atom is -0.389 e. The predicted octanol–water partition coefficient (Wildman–Crippen LogP) is 11.5. The van der Waals surface area contributed by atoms with Gasteiger partial charge in [-0.1, -0.05) is 166 Å². The van der Waals surface area contributed by atoms with Crippen LogP contribution in [0.3, 0.4) is 0 Å². The van der Waals surface area contributed by atoms with Crippen LogP contribution in [0.5, 0.6) is 0 Å². The maximum absolute atomic E-state index is 10.7. The van der Waals surface area contributed by atoms with Crippen molar-refractivity contribution < 1.29 is 5.11 Å². The van der Waals surface area contributed by atoms with Crippen molar-refractivity contribution in [3.63, 3.8) is 0 Å². The molecule has 2 aromatic carbocycles. The maximum Gasteiger partial charge on any atom is 0.0830 e. The number of aliphatic hydroxyl groups is 1. The summed E-state index contributed by atoms with van der Waals surface area (Å²) in [7, 11) is -2.99. The second-order valence-corrected chi connectivity index (χ2v) is 26.2. The fourth-order valence-electron chi connectivity index (χ4n) is 10.7. The zero-order valence-electron chi connectivity index (χ0n) is 29.9. The molecule has 0 aliphatic heterocycles. The Kier molecular flexibility index (Phi) is 11.2. The smallest absolute Gasteiger partial charge is 0.0830 e. The molecule has 4 aliphatic rings. The van der Waals surface area contributed by atoms with E-state index in [1.807, 2.05) is 5.20 Å². The van der Waals surface area contributed by atoms with Gasteiger partial charge in [0.25, 0.3) is 0 Å². The number of rotatable bonds is 9. The molecule has 0 spiro atoms. The second kappa shape index (κ2) is 14.6. The molecule has 0 heterocycles. The van der Waals surface area contributed by atoms with E-state index in [9.17, 15) is 5.11 Å². The molecule has 0 aromatic heterocycles. The Morgan fingerprint density at radius 1 is 0.800 bits per heavy atom. The Morgan fingerprint density at radius 3 is 2.02 bits per heavy atom. The summed E-state index contributed by atoms with van der Waals surface area (Å²) in [6.45, 7) is 17.5. The normalized spacial score (nSPS) is 29.9. The van der Waals surface area contributed by atoms with Gasteiger partial charge in [0.15, 0.2) is 0 Å². The fourth-order valence-corrected chi connectivity index (χ4v) is 18.3. The Morgan fingerprint density at radius 2 is 1.40 bits per heavy atom. The summed E-state index contributed by atoms with van der Waals surface area (Å²) < 4.78 is 0. The predicted molar refractivity (Wildman–Crippen MR) is 201 cm³/mol. The van der Waals surface area contributed by atoms with Crippen molar-refractivity contribution in [3.05, 3.63) is 93.8 Å². The first-order valence-electron chi connectivity index (χ1n) is 18.7. The molecule has 246 valence electrons. The van der Waals surface area contributed by atoms with Crippen LogP contribution in [0, 0.1) is 29.1 Å². The molecule has 45 heavy (non-hydrogen) atoms. The molecule has 0 saturated heterocycles. The third-order valence-corrected chi connectivity index (χ3v) is 19.5. The third kappa shape index (κ3) is 7.57. The molecule has 6 rings (SSSR count). The van der Waals surface area contributed by atoms with E-state index in [-0.39, 0.29) is 6.10 Å². The second-order valence-electron chi connectivity index (χ2n) is 16.8. The third-order valence-electron chi connectivity index (χ3n) is 12.6. The fraction of sp³-hybridized carbons (Fsp3) is 0.619. The van der Waals surface area contributed by atoms with E-state index in [2.05, 4.69) is 114 Å². The average molecular weight is 641 g/mol. The van der Waals surface area contributed by atoms with Crippen LogP contribution in [0.2, 0.25) is 26.2 Å². The first-order valence-corrected chi connectivity index (χ1v) is 25.1. The molecule has 6 atom stereocenters. The summed E-state index contributed by atoms with van der Waals surface area (Å²) in [6, 6.07) is 24.5. The molecule has 3 heteroatoms. The zero-order chi connectivity index (χ0) is 32.2. The van der Waals surface area contributed by atoms with Crippen LogP contribution in [-0.2, 0) is 12.1 Å². The van der Waals surface area contributed by atoms with Gasteiger partial charge in [0.05, 0.1) is 22.3 Å². The van der Waals surface area contributed by atoms with Gasteiger partial charge < -0.3 is 5.11 Å². The molecule has 0 unspecified atom stereocenters. The average Bonchev–Trinajstić information content (AvgIpc) is 3.57. The number of hydrogen-bond donors (Lipinski definition) is 1. The highest BCUT2D eigenvalue weighted by Crippen LogP contribution is 2.60. The van der Waals surface area contributed by atoms with Gasteiger partial charge in [-0.05, 0) is 86.1 Å². The highest BCUT2D eigenvalue weighted by Gasteiger charge is 2.52. The lowest BCUT2D eigenvalue weighted by molar-refractivity contribution is 0.0937. The molecule has 1 nitrogen and oxygen atoms in total. The van der Waals surface area contributed by atoms with Gasteiger partial charge in [0, 0.05) is 0 Å². The van der Waals surface area contributed by atoms with E-state index < -0.39 is 16.1 Å². The number of benzene rings is 2. The highest BCUT2D eigenvalue weighted by molar-refractivity contribution is 6.84. The van der Waals surface area contributed by atoms with Gasteiger partial charge in [-0.25, -0.2) is 0 Å². The van der Waals surface area contributed by atoms with Crippen LogP contribution < -0.4 is 0 Å². The Labute approximate surface area is 279 Å². The minimum absolute atomic E-state index is 0.157. The lowest BCUT2D eigenvalue weighted by atomic mass is 9.61. The molecule has 4 aliphatic carbocycles. The van der Waals surface area contributed by atoms with E-state index in [1.54, 1.807) is 11.1 Å². The van der Waals surface area contributed by atoms with Crippen LogP contribution in [0.15, 0.2) is 82.7 Å². The summed E-state index contributed by atoms with van der Waals surface area (Å²) in [4.78, 5) is 0. The van der Waals surface area contributed by atoms with Gasteiger partial charge in [0.2, 0.25) is 0 Å². The molecular weight excluding hydrogens is 577 g/mol. The molecule has 0 bridgehead atoms. The maximum atomic E-state index is 10.7. The van der Waals surface area contributed by atoms with Crippen LogP contribution in [0.25, 0.3) is 0 Å². The van der Waals surface area contributed by atoms with Crippen LogP contribution in [-0.4, -0.2) is 27.4 Å². The molecule has 2 fully saturated rings. The van der Waals surface area contributed by atoms with Crippen molar-refractivity contribution in [2.45, 2.75) is 136 Å². The lowest BCUT2D eigenvalue weighted by Gasteiger charge is -2.49. The van der Waals surface area contributed by atoms with E-state index in [1.165, 1.54) is 81.0 Å². The van der Waals surface area contributed by atoms with Gasteiger partial charge in [-0.2, -0.15) is 0 Å². The summed E-state index contributed by atoms with van der Waals surface area (Å²) in [5, 5.41) is 14.2. The van der Waals surface area contributed by atoms with Crippen molar-refractivity contribution in [2.24, 2.45) is 29.1 Å².